The van der Waals surface area contributed by atoms with Gasteiger partial charge in [0.25, 0.3) is 0 Å². The maximum Gasteiger partial charge on any atom is 0.315 e. The lowest BCUT2D eigenvalue weighted by Crippen LogP contribution is -2.65. The second kappa shape index (κ2) is 12.8. The number of allylic oxidation sites excluding steroid dienone is 1. The van der Waals surface area contributed by atoms with Crippen LogP contribution in [0.2, 0.25) is 0 Å². The molecule has 3 unspecified atom stereocenters. The SMILES string of the molecule is CC(C)C1C(=O)C[C@]2(NC(=O)NC3CCC(F)(F)CC3)CC[C@]3(C)C(=C12)CCC1[C@@]2(C)CC[C@H](OC(=O)CC(C)(C)C(=O)O)C(C)(C)C2CC[C@]13C. The van der Waals surface area contributed by atoms with Crippen molar-refractivity contribution in [3.05, 3.63) is 11.1 Å². The van der Waals surface area contributed by atoms with E-state index in [0.717, 1.165) is 50.5 Å². The summed E-state index contributed by atoms with van der Waals surface area (Å²) >= 11 is 0. The molecule has 292 valence electrons. The van der Waals surface area contributed by atoms with Crippen molar-refractivity contribution in [3.8, 4) is 0 Å². The van der Waals surface area contributed by atoms with Crippen molar-refractivity contribution in [3.63, 3.8) is 0 Å². The van der Waals surface area contributed by atoms with Crippen molar-refractivity contribution in [2.75, 3.05) is 0 Å². The maximum atomic E-state index is 13.9. The summed E-state index contributed by atoms with van der Waals surface area (Å²) in [5, 5.41) is 15.9. The summed E-state index contributed by atoms with van der Waals surface area (Å²) in [7, 11) is 0. The first kappa shape index (κ1) is 39.2. The van der Waals surface area contributed by atoms with E-state index in [1.165, 1.54) is 5.57 Å². The van der Waals surface area contributed by atoms with E-state index in [-0.39, 0.29) is 96.0 Å². The number of halogens is 2. The molecule has 6 rings (SSSR count). The number of esters is 1. The molecule has 8 atom stereocenters. The van der Waals surface area contributed by atoms with Crippen LogP contribution in [0.3, 0.4) is 0 Å². The molecule has 0 spiro atoms. The first-order valence-electron chi connectivity index (χ1n) is 20.1. The van der Waals surface area contributed by atoms with Crippen LogP contribution in [0.5, 0.6) is 0 Å². The zero-order chi connectivity index (χ0) is 38.4. The van der Waals surface area contributed by atoms with Gasteiger partial charge in [-0.25, -0.2) is 13.6 Å². The number of Topliss-reactive ketones (excluding diaryl/α,β-unsaturated/α-hetero) is 1. The van der Waals surface area contributed by atoms with Crippen LogP contribution in [0.15, 0.2) is 11.1 Å². The van der Waals surface area contributed by atoms with Gasteiger partial charge in [-0.1, -0.05) is 54.0 Å². The van der Waals surface area contributed by atoms with E-state index in [1.54, 1.807) is 13.8 Å². The molecule has 0 aromatic rings. The van der Waals surface area contributed by atoms with E-state index >= 15 is 0 Å². The highest BCUT2D eigenvalue weighted by atomic mass is 19.3. The van der Waals surface area contributed by atoms with Crippen molar-refractivity contribution in [1.82, 2.24) is 10.6 Å². The van der Waals surface area contributed by atoms with E-state index in [2.05, 4.69) is 59.1 Å². The Morgan fingerprint density at radius 2 is 1.56 bits per heavy atom. The number of hydrogen-bond acceptors (Lipinski definition) is 5. The Balaban J connectivity index is 1.28. The smallest absolute Gasteiger partial charge is 0.315 e. The first-order chi connectivity index (χ1) is 23.9. The summed E-state index contributed by atoms with van der Waals surface area (Å²) in [4.78, 5) is 52.4. The predicted molar refractivity (Wildman–Crippen MR) is 195 cm³/mol. The average Bonchev–Trinajstić information content (AvgIpc) is 3.31. The first-order valence-corrected chi connectivity index (χ1v) is 20.1. The van der Waals surface area contributed by atoms with Gasteiger partial charge in [0.1, 0.15) is 11.9 Å². The molecule has 6 aliphatic carbocycles. The van der Waals surface area contributed by atoms with Gasteiger partial charge in [0, 0.05) is 36.6 Å². The Morgan fingerprint density at radius 3 is 2.17 bits per heavy atom. The van der Waals surface area contributed by atoms with Crippen LogP contribution in [0, 0.1) is 50.7 Å². The topological polar surface area (TPSA) is 122 Å². The van der Waals surface area contributed by atoms with Crippen LogP contribution in [0.1, 0.15) is 152 Å². The van der Waals surface area contributed by atoms with Gasteiger partial charge >= 0.3 is 18.0 Å². The number of carbonyl (C=O) groups excluding carboxylic acids is 3. The van der Waals surface area contributed by atoms with E-state index in [0.29, 0.717) is 18.3 Å². The zero-order valence-electron chi connectivity index (χ0n) is 33.1. The lowest BCUT2D eigenvalue weighted by molar-refractivity contribution is -0.214. The molecular formula is C42H64F2N2O6. The summed E-state index contributed by atoms with van der Waals surface area (Å²) in [5.41, 5.74) is 0.0702. The zero-order valence-corrected chi connectivity index (χ0v) is 33.1. The number of ether oxygens (including phenoxy) is 1. The summed E-state index contributed by atoms with van der Waals surface area (Å²) < 4.78 is 33.8. The molecule has 0 bridgehead atoms. The molecule has 52 heavy (non-hydrogen) atoms. The van der Waals surface area contributed by atoms with Gasteiger partial charge in [-0.3, -0.25) is 14.4 Å². The highest BCUT2D eigenvalue weighted by Gasteiger charge is 2.69. The molecule has 0 aromatic heterocycles. The molecule has 5 fully saturated rings. The average molecular weight is 731 g/mol. The molecule has 0 aliphatic heterocycles. The molecular weight excluding hydrogens is 666 g/mol. The third-order valence-corrected chi connectivity index (χ3v) is 16.1. The number of nitrogens with one attached hydrogen (secondary N) is 2. The fourth-order valence-electron chi connectivity index (χ4n) is 13.1. The van der Waals surface area contributed by atoms with Crippen molar-refractivity contribution in [2.24, 2.45) is 50.7 Å². The lowest BCUT2D eigenvalue weighted by atomic mass is 9.34. The van der Waals surface area contributed by atoms with Gasteiger partial charge in [-0.2, -0.15) is 0 Å². The molecule has 8 nitrogen and oxygen atoms in total. The van der Waals surface area contributed by atoms with Crippen LogP contribution < -0.4 is 10.6 Å². The molecule has 2 amide bonds. The Morgan fingerprint density at radius 1 is 0.904 bits per heavy atom. The minimum absolute atomic E-state index is 0.00533. The number of hydrogen-bond donors (Lipinski definition) is 3. The number of carboxylic acid groups (broad SMARTS) is 1. The quantitative estimate of drug-likeness (QED) is 0.178. The summed E-state index contributed by atoms with van der Waals surface area (Å²) in [5.74, 6) is -3.39. The van der Waals surface area contributed by atoms with Crippen molar-refractivity contribution in [1.29, 1.82) is 0 Å². The number of amides is 2. The van der Waals surface area contributed by atoms with Crippen LogP contribution >= 0.6 is 0 Å². The molecule has 0 radical (unpaired) electrons. The highest BCUT2D eigenvalue weighted by Crippen LogP contribution is 2.75. The van der Waals surface area contributed by atoms with Crippen LogP contribution in [-0.4, -0.2) is 52.5 Å². The number of aliphatic carboxylic acids is 1. The Labute approximate surface area is 309 Å². The van der Waals surface area contributed by atoms with Crippen molar-refractivity contribution >= 4 is 23.8 Å². The molecule has 0 heterocycles. The Hall–Kier alpha value is -2.52. The van der Waals surface area contributed by atoms with Crippen LogP contribution in [0.4, 0.5) is 13.6 Å². The Kier molecular flexibility index (Phi) is 9.63. The number of fused-ring (bicyclic) bond motifs is 6. The second-order valence-corrected chi connectivity index (χ2v) is 20.2. The van der Waals surface area contributed by atoms with Crippen LogP contribution in [0.25, 0.3) is 0 Å². The molecule has 6 aliphatic rings. The standard InChI is InChI=1S/C42H64F2N2O6/c1-24(2)32-27(47)22-41(46-35(51)45-25-12-18-42(43,44)19-13-25)21-20-39(8)26(33(32)41)10-11-29-38(7)16-15-30(52-31(48)23-36(3,4)34(49)50)37(5,6)28(38)14-17-40(29,39)9/h24-25,28-30,32H,10-23H2,1-9H3,(H,49,50)(H2,45,46,51)/t28?,29?,30-,32?,38-,39+,40+,41+/m0/s1. The van der Waals surface area contributed by atoms with Crippen LogP contribution in [-0.2, 0) is 19.1 Å². The number of urea groups is 1. The molecule has 0 saturated heterocycles. The molecule has 3 N–H and O–H groups in total. The highest BCUT2D eigenvalue weighted by molar-refractivity contribution is 5.92. The number of carbonyl (C=O) groups is 4. The largest absolute Gasteiger partial charge is 0.481 e. The fourth-order valence-corrected chi connectivity index (χ4v) is 13.1. The third-order valence-electron chi connectivity index (χ3n) is 16.1. The normalized spacial score (nSPS) is 39.9. The molecule has 5 saturated carbocycles. The number of alkyl halides is 2. The number of ketones is 1. The van der Waals surface area contributed by atoms with E-state index in [9.17, 15) is 33.1 Å². The second-order valence-electron chi connectivity index (χ2n) is 20.2. The summed E-state index contributed by atoms with van der Waals surface area (Å²) in [6.07, 6.45) is 6.93. The molecule has 0 aromatic carbocycles. The van der Waals surface area contributed by atoms with Gasteiger partial charge in [0.15, 0.2) is 0 Å². The van der Waals surface area contributed by atoms with E-state index < -0.39 is 28.8 Å². The van der Waals surface area contributed by atoms with E-state index in [4.69, 9.17) is 4.74 Å². The van der Waals surface area contributed by atoms with Gasteiger partial charge in [0.2, 0.25) is 5.92 Å². The van der Waals surface area contributed by atoms with E-state index in [1.807, 2.05) is 0 Å². The summed E-state index contributed by atoms with van der Waals surface area (Å²) in [6, 6.07) is -0.656. The fraction of sp³-hybridized carbons (Fsp3) is 0.857. The van der Waals surface area contributed by atoms with Crippen molar-refractivity contribution < 1.29 is 37.8 Å². The van der Waals surface area contributed by atoms with Gasteiger partial charge in [-0.15, -0.1) is 0 Å². The predicted octanol–water partition coefficient (Wildman–Crippen LogP) is 9.01. The third kappa shape index (κ3) is 6.12. The van der Waals surface area contributed by atoms with Gasteiger partial charge in [0.05, 0.1) is 17.4 Å². The Bertz CT molecular complexity index is 1530. The number of carboxylic acids is 1. The van der Waals surface area contributed by atoms with Gasteiger partial charge < -0.3 is 20.5 Å². The minimum Gasteiger partial charge on any atom is -0.481 e. The number of rotatable bonds is 7. The monoisotopic (exact) mass is 730 g/mol. The van der Waals surface area contributed by atoms with Gasteiger partial charge in [-0.05, 0) is 118 Å². The minimum atomic E-state index is -2.67. The maximum absolute atomic E-state index is 13.9. The molecule has 10 heteroatoms. The summed E-state index contributed by atoms with van der Waals surface area (Å²) in [6.45, 7) is 19.2. The van der Waals surface area contributed by atoms with Crippen molar-refractivity contribution in [2.45, 2.75) is 176 Å². The lowest BCUT2D eigenvalue weighted by Gasteiger charge is -2.70.